The number of rotatable bonds is 5. The predicted molar refractivity (Wildman–Crippen MR) is 146 cm³/mol. The van der Waals surface area contributed by atoms with Crippen LogP contribution in [-0.4, -0.2) is 76.4 Å². The number of hydrogen-bond donors (Lipinski definition) is 1. The molecule has 3 aromatic rings. The van der Waals surface area contributed by atoms with Gasteiger partial charge in [-0.1, -0.05) is 0 Å². The number of ether oxygens (including phenoxy) is 1. The van der Waals surface area contributed by atoms with E-state index in [1.54, 1.807) is 0 Å². The van der Waals surface area contributed by atoms with Crippen LogP contribution in [0.15, 0.2) is 18.2 Å². The number of nitrogens with one attached hydrogen (secondary N) is 1. The Morgan fingerprint density at radius 2 is 1.95 bits per heavy atom. The summed E-state index contributed by atoms with van der Waals surface area (Å²) in [5.41, 5.74) is -0.889. The molecular formula is C30H28F3N7O. The fourth-order valence-electron chi connectivity index (χ4n) is 7.10. The first-order valence-electron chi connectivity index (χ1n) is 14.0. The van der Waals surface area contributed by atoms with E-state index in [9.17, 15) is 14.0 Å². The van der Waals surface area contributed by atoms with Crippen molar-refractivity contribution in [2.24, 2.45) is 0 Å². The van der Waals surface area contributed by atoms with Crippen molar-refractivity contribution in [2.45, 2.75) is 55.9 Å². The largest absolute Gasteiger partial charge is 0.461 e. The van der Waals surface area contributed by atoms with Crippen LogP contribution in [0, 0.1) is 35.3 Å². The molecule has 0 amide bonds. The summed E-state index contributed by atoms with van der Waals surface area (Å²) in [6.07, 6.45) is 9.11. The van der Waals surface area contributed by atoms with Gasteiger partial charge in [0.1, 0.15) is 41.3 Å². The van der Waals surface area contributed by atoms with Gasteiger partial charge in [-0.2, -0.15) is 15.2 Å². The molecular weight excluding hydrogens is 531 g/mol. The van der Waals surface area contributed by atoms with E-state index in [0.29, 0.717) is 31.9 Å². The highest BCUT2D eigenvalue weighted by atomic mass is 19.1. The number of alkyl halides is 1. The summed E-state index contributed by atoms with van der Waals surface area (Å²) in [5.74, 6) is 1.31. The first kappa shape index (κ1) is 26.0. The van der Waals surface area contributed by atoms with Gasteiger partial charge >= 0.3 is 6.01 Å². The van der Waals surface area contributed by atoms with Crippen LogP contribution in [0.2, 0.25) is 0 Å². The number of piperazine rings is 1. The van der Waals surface area contributed by atoms with Crippen LogP contribution in [0.3, 0.4) is 0 Å². The molecule has 11 heteroatoms. The molecule has 7 rings (SSSR count). The Labute approximate surface area is 235 Å². The van der Waals surface area contributed by atoms with Crippen molar-refractivity contribution in [1.29, 1.82) is 5.26 Å². The second-order valence-corrected chi connectivity index (χ2v) is 11.5. The average molecular weight is 560 g/mol. The number of pyridine rings is 1. The molecule has 2 unspecified atom stereocenters. The van der Waals surface area contributed by atoms with Crippen LogP contribution in [-0.2, 0) is 0 Å². The van der Waals surface area contributed by atoms with E-state index >= 15 is 4.39 Å². The zero-order valence-electron chi connectivity index (χ0n) is 22.3. The average Bonchev–Trinajstić information content (AvgIpc) is 3.62. The second-order valence-electron chi connectivity index (χ2n) is 11.5. The Hall–Kier alpha value is -3.93. The number of hydrogen-bond acceptors (Lipinski definition) is 8. The molecule has 4 atom stereocenters. The summed E-state index contributed by atoms with van der Waals surface area (Å²) in [6, 6.07) is 6.04. The Morgan fingerprint density at radius 3 is 2.71 bits per heavy atom. The summed E-state index contributed by atoms with van der Waals surface area (Å²) >= 11 is 0. The van der Waals surface area contributed by atoms with E-state index in [1.165, 1.54) is 12.1 Å². The third-order valence-electron chi connectivity index (χ3n) is 8.98. The normalized spacial score (nSPS) is 27.1. The maximum absolute atomic E-state index is 16.4. The number of nitrogens with zero attached hydrogens (tertiary/aromatic N) is 6. The molecule has 2 bridgehead atoms. The van der Waals surface area contributed by atoms with Crippen molar-refractivity contribution in [3.63, 3.8) is 0 Å². The van der Waals surface area contributed by atoms with Gasteiger partial charge in [0, 0.05) is 43.7 Å². The van der Waals surface area contributed by atoms with E-state index in [2.05, 4.69) is 31.0 Å². The Kier molecular flexibility index (Phi) is 6.25. The van der Waals surface area contributed by atoms with Gasteiger partial charge in [-0.05, 0) is 56.3 Å². The number of aromatic nitrogens is 3. The van der Waals surface area contributed by atoms with E-state index in [0.717, 1.165) is 38.3 Å². The molecule has 0 aliphatic carbocycles. The van der Waals surface area contributed by atoms with Crippen LogP contribution in [0.5, 0.6) is 6.01 Å². The lowest BCUT2D eigenvalue weighted by Gasteiger charge is -2.34. The summed E-state index contributed by atoms with van der Waals surface area (Å²) < 4.78 is 51.8. The maximum Gasteiger partial charge on any atom is 0.319 e. The lowest BCUT2D eigenvalue weighted by atomic mass is 9.95. The van der Waals surface area contributed by atoms with Gasteiger partial charge in [-0.3, -0.25) is 4.90 Å². The second kappa shape index (κ2) is 9.86. The molecule has 8 nitrogen and oxygen atoms in total. The first-order valence-corrected chi connectivity index (χ1v) is 14.0. The van der Waals surface area contributed by atoms with Gasteiger partial charge in [-0.25, -0.2) is 18.2 Å². The van der Waals surface area contributed by atoms with Crippen LogP contribution in [0.25, 0.3) is 22.2 Å². The highest BCUT2D eigenvalue weighted by molar-refractivity contribution is 5.96. The van der Waals surface area contributed by atoms with Crippen molar-refractivity contribution < 1.29 is 17.9 Å². The topological polar surface area (TPSA) is 90.2 Å². The molecule has 6 heterocycles. The highest BCUT2D eigenvalue weighted by Crippen LogP contribution is 2.41. The monoisotopic (exact) mass is 559 g/mol. The summed E-state index contributed by atoms with van der Waals surface area (Å²) in [6.45, 7) is 2.62. The third kappa shape index (κ3) is 4.35. The van der Waals surface area contributed by atoms with Crippen molar-refractivity contribution >= 4 is 16.7 Å². The predicted octanol–water partition coefficient (Wildman–Crippen LogP) is 3.72. The smallest absolute Gasteiger partial charge is 0.319 e. The molecule has 2 aromatic heterocycles. The molecule has 0 radical (unpaired) electrons. The fraction of sp³-hybridized carbons (Fsp3) is 0.467. The number of anilines is 1. The van der Waals surface area contributed by atoms with Crippen LogP contribution >= 0.6 is 0 Å². The summed E-state index contributed by atoms with van der Waals surface area (Å²) in [4.78, 5) is 17.7. The molecule has 0 spiro atoms. The van der Waals surface area contributed by atoms with Gasteiger partial charge in [0.25, 0.3) is 0 Å². The zero-order chi connectivity index (χ0) is 28.3. The number of nitriles is 1. The highest BCUT2D eigenvalue weighted by Gasteiger charge is 2.49. The van der Waals surface area contributed by atoms with Crippen molar-refractivity contribution in [2.75, 3.05) is 37.7 Å². The van der Waals surface area contributed by atoms with Crippen LogP contribution in [0.4, 0.5) is 19.0 Å². The van der Waals surface area contributed by atoms with E-state index in [4.69, 9.17) is 16.1 Å². The Balaban J connectivity index is 1.37. The molecule has 210 valence electrons. The first-order chi connectivity index (χ1) is 19.9. The Morgan fingerprint density at radius 1 is 1.15 bits per heavy atom. The molecule has 1 N–H and O–H groups in total. The Bertz CT molecular complexity index is 1620. The van der Waals surface area contributed by atoms with Gasteiger partial charge in [-0.15, -0.1) is 6.42 Å². The minimum absolute atomic E-state index is 0.0489. The molecule has 1 aromatic carbocycles. The molecule has 0 saturated carbocycles. The number of terminal acetylenes is 1. The minimum atomic E-state index is -0.924. The standard InChI is InChI=1S/C30H28F3N7O/c1-2-23-24-27(25(33)26(36-23)21-10-17(12-34)4-7-22(21)32)37-29(38-28(24)39-14-19-5-6-20(15-39)35-19)41-16-30-8-3-9-40(30)13-18(31)11-30/h1,4,7,10,18-20,35H,3,5-6,8-9,11,13-16H2/t18-,19?,20?,30+/m1/s1. The SMILES string of the molecule is C#Cc1nc(-c2cc(C#N)ccc2F)c(F)c2nc(OC[C@@]34CCCN3C[C@H](F)C4)nc(N3CC4CCC(C3)N4)c12. The number of halogens is 3. The van der Waals surface area contributed by atoms with E-state index in [-0.39, 0.29) is 58.1 Å². The van der Waals surface area contributed by atoms with E-state index < -0.39 is 23.3 Å². The molecule has 4 saturated heterocycles. The van der Waals surface area contributed by atoms with Gasteiger partial charge in [0.05, 0.1) is 22.6 Å². The van der Waals surface area contributed by atoms with Crippen LogP contribution in [0.1, 0.15) is 43.4 Å². The third-order valence-corrected chi connectivity index (χ3v) is 8.98. The molecule has 4 fully saturated rings. The lowest BCUT2D eigenvalue weighted by Crippen LogP contribution is -2.51. The zero-order valence-corrected chi connectivity index (χ0v) is 22.3. The minimum Gasteiger partial charge on any atom is -0.461 e. The fourth-order valence-corrected chi connectivity index (χ4v) is 7.10. The summed E-state index contributed by atoms with van der Waals surface area (Å²) in [7, 11) is 0. The molecule has 41 heavy (non-hydrogen) atoms. The molecule has 4 aliphatic heterocycles. The molecule has 4 aliphatic rings. The lowest BCUT2D eigenvalue weighted by molar-refractivity contribution is 0.107. The van der Waals surface area contributed by atoms with Gasteiger partial charge in [0.2, 0.25) is 0 Å². The quantitative estimate of drug-likeness (QED) is 0.474. The van der Waals surface area contributed by atoms with Gasteiger partial charge in [0.15, 0.2) is 5.82 Å². The van der Waals surface area contributed by atoms with Crippen molar-refractivity contribution in [3.8, 4) is 35.7 Å². The number of benzene rings is 1. The summed E-state index contributed by atoms with van der Waals surface area (Å²) in [5, 5.41) is 13.2. The van der Waals surface area contributed by atoms with E-state index in [1.807, 2.05) is 6.07 Å². The van der Waals surface area contributed by atoms with Crippen molar-refractivity contribution in [1.82, 2.24) is 25.2 Å². The van der Waals surface area contributed by atoms with Crippen molar-refractivity contribution in [3.05, 3.63) is 41.1 Å². The maximum atomic E-state index is 16.4. The van der Waals surface area contributed by atoms with Crippen LogP contribution < -0.4 is 15.0 Å². The van der Waals surface area contributed by atoms with Gasteiger partial charge < -0.3 is 15.0 Å². The number of fused-ring (bicyclic) bond motifs is 4.